The number of oxime groups is 1. The van der Waals surface area contributed by atoms with Gasteiger partial charge in [-0.3, -0.25) is 4.79 Å². The largest absolute Gasteiger partial charge is 0.341 e. The number of allylic oxidation sites excluding steroid dienone is 4. The number of hydrogen-bond acceptors (Lipinski definition) is 4. The van der Waals surface area contributed by atoms with Crippen molar-refractivity contribution in [2.24, 2.45) is 34.2 Å². The molecule has 5 aliphatic carbocycles. The molecule has 4 heteroatoms. The van der Waals surface area contributed by atoms with Crippen LogP contribution in [0.15, 0.2) is 28.5 Å². The van der Waals surface area contributed by atoms with Crippen molar-refractivity contribution in [2.45, 2.75) is 59.3 Å². The summed E-state index contributed by atoms with van der Waals surface area (Å²) >= 11 is 0. The number of ketones is 1. The summed E-state index contributed by atoms with van der Waals surface area (Å²) < 4.78 is 0. The van der Waals surface area contributed by atoms with Gasteiger partial charge in [-0.15, -0.1) is 0 Å². The van der Waals surface area contributed by atoms with Crippen LogP contribution in [0, 0.1) is 29.1 Å². The third kappa shape index (κ3) is 2.90. The van der Waals surface area contributed by atoms with Crippen molar-refractivity contribution in [3.8, 4) is 0 Å². The lowest BCUT2D eigenvalue weighted by atomic mass is 9.49. The molecule has 4 bridgehead atoms. The van der Waals surface area contributed by atoms with Crippen LogP contribution in [-0.2, 0) is 14.4 Å². The second-order valence-corrected chi connectivity index (χ2v) is 9.00. The van der Waals surface area contributed by atoms with E-state index in [1.165, 1.54) is 19.3 Å². The zero-order chi connectivity index (χ0) is 17.8. The zero-order valence-electron chi connectivity index (χ0n) is 15.4. The zero-order valence-corrected chi connectivity index (χ0v) is 15.4. The fourth-order valence-electron chi connectivity index (χ4n) is 5.78. The third-order valence-electron chi connectivity index (χ3n) is 6.65. The summed E-state index contributed by atoms with van der Waals surface area (Å²) in [7, 11) is 0. The molecular formula is C21H27NO3. The van der Waals surface area contributed by atoms with Crippen LogP contribution in [0.1, 0.15) is 59.3 Å². The van der Waals surface area contributed by atoms with Crippen LogP contribution in [0.3, 0.4) is 0 Å². The van der Waals surface area contributed by atoms with Gasteiger partial charge in [0.25, 0.3) is 0 Å². The molecule has 0 aromatic rings. The Labute approximate surface area is 149 Å². The molecule has 0 aliphatic heterocycles. The molecule has 4 saturated carbocycles. The molecule has 0 unspecified atom stereocenters. The van der Waals surface area contributed by atoms with E-state index >= 15 is 0 Å². The maximum Gasteiger partial charge on any atom is 0.341 e. The molecule has 0 radical (unpaired) electrons. The fourth-order valence-corrected chi connectivity index (χ4v) is 5.78. The molecule has 4 nitrogen and oxygen atoms in total. The minimum absolute atomic E-state index is 0.0267. The molecular weight excluding hydrogens is 314 g/mol. The molecule has 0 heterocycles. The smallest absolute Gasteiger partial charge is 0.317 e. The maximum atomic E-state index is 12.9. The summed E-state index contributed by atoms with van der Waals surface area (Å²) in [5.74, 6) is 2.11. The van der Waals surface area contributed by atoms with Crippen LogP contribution in [0.2, 0.25) is 0 Å². The van der Waals surface area contributed by atoms with Crippen LogP contribution >= 0.6 is 0 Å². The lowest BCUT2D eigenvalue weighted by Gasteiger charge is -2.54. The van der Waals surface area contributed by atoms with Gasteiger partial charge in [0, 0.05) is 5.57 Å². The van der Waals surface area contributed by atoms with E-state index in [0.29, 0.717) is 23.5 Å². The Morgan fingerprint density at radius 2 is 1.68 bits per heavy atom. The van der Waals surface area contributed by atoms with Gasteiger partial charge >= 0.3 is 5.97 Å². The highest BCUT2D eigenvalue weighted by Gasteiger charge is 2.55. The number of carbonyl (C=O) groups excluding carboxylic acids is 2. The van der Waals surface area contributed by atoms with E-state index in [2.05, 4.69) is 5.16 Å². The number of nitrogens with zero attached hydrogens (tertiary/aromatic N) is 1. The molecule has 25 heavy (non-hydrogen) atoms. The quantitative estimate of drug-likeness (QED) is 0.439. The number of rotatable bonds is 3. The van der Waals surface area contributed by atoms with Crippen molar-refractivity contribution in [3.63, 3.8) is 0 Å². The molecule has 0 amide bonds. The average molecular weight is 341 g/mol. The van der Waals surface area contributed by atoms with Crippen molar-refractivity contribution in [3.05, 3.63) is 23.3 Å². The highest BCUT2D eigenvalue weighted by molar-refractivity contribution is 6.21. The molecule has 0 N–H and O–H groups in total. The van der Waals surface area contributed by atoms with Crippen LogP contribution in [0.25, 0.3) is 0 Å². The molecule has 0 atom stereocenters. The monoisotopic (exact) mass is 341 g/mol. The Kier molecular flexibility index (Phi) is 3.97. The SMILES string of the molecule is CC1=CC(=O)C(C(C)C)=C/C1=N\OC(=O)C12CC3CC(CC(C3)C1)C2. The first kappa shape index (κ1) is 16.7. The summed E-state index contributed by atoms with van der Waals surface area (Å²) in [5, 5.41) is 4.16. The van der Waals surface area contributed by atoms with Crippen LogP contribution in [0.5, 0.6) is 0 Å². The molecule has 4 fully saturated rings. The first-order valence-corrected chi connectivity index (χ1v) is 9.60. The van der Waals surface area contributed by atoms with Gasteiger partial charge in [-0.25, -0.2) is 4.79 Å². The Bertz CT molecular complexity index is 675. The summed E-state index contributed by atoms with van der Waals surface area (Å²) in [6.45, 7) is 5.80. The first-order chi connectivity index (χ1) is 11.9. The van der Waals surface area contributed by atoms with Gasteiger partial charge < -0.3 is 4.84 Å². The van der Waals surface area contributed by atoms with Crippen LogP contribution < -0.4 is 0 Å². The first-order valence-electron chi connectivity index (χ1n) is 9.60. The molecule has 134 valence electrons. The van der Waals surface area contributed by atoms with Gasteiger partial charge in [0.15, 0.2) is 5.78 Å². The van der Waals surface area contributed by atoms with Gasteiger partial charge in [-0.05, 0) is 86.8 Å². The maximum absolute atomic E-state index is 12.9. The Hall–Kier alpha value is -1.71. The summed E-state index contributed by atoms with van der Waals surface area (Å²) in [6, 6.07) is 0. The van der Waals surface area contributed by atoms with E-state index in [9.17, 15) is 9.59 Å². The molecule has 5 rings (SSSR count). The molecule has 5 aliphatic rings. The van der Waals surface area contributed by atoms with Crippen molar-refractivity contribution >= 4 is 17.5 Å². The number of hydrogen-bond donors (Lipinski definition) is 0. The van der Waals surface area contributed by atoms with E-state index in [-0.39, 0.29) is 23.1 Å². The molecule has 0 saturated heterocycles. The minimum Gasteiger partial charge on any atom is -0.317 e. The van der Waals surface area contributed by atoms with Gasteiger partial charge in [0.05, 0.1) is 5.41 Å². The van der Waals surface area contributed by atoms with E-state index in [0.717, 1.165) is 30.4 Å². The predicted molar refractivity (Wildman–Crippen MR) is 95.8 cm³/mol. The van der Waals surface area contributed by atoms with E-state index in [1.54, 1.807) is 12.2 Å². The standard InChI is InChI=1S/C21H27NO3/c1-12(2)17-8-18(13(3)4-19(17)23)22-25-20(24)21-9-14-5-15(10-21)7-16(6-14)11-21/h4,8,12,14-16H,5-7,9-11H2,1-3H3/b22-18+. The Morgan fingerprint density at radius 1 is 1.12 bits per heavy atom. The van der Waals surface area contributed by atoms with E-state index in [4.69, 9.17) is 4.84 Å². The van der Waals surface area contributed by atoms with E-state index < -0.39 is 0 Å². The van der Waals surface area contributed by atoms with Crippen molar-refractivity contribution in [2.75, 3.05) is 0 Å². The van der Waals surface area contributed by atoms with Crippen molar-refractivity contribution < 1.29 is 14.4 Å². The molecule has 0 aromatic carbocycles. The highest BCUT2D eigenvalue weighted by Crippen LogP contribution is 2.60. The van der Waals surface area contributed by atoms with Gasteiger partial charge in [-0.2, -0.15) is 0 Å². The average Bonchev–Trinajstić information content (AvgIpc) is 2.52. The number of carbonyl (C=O) groups is 2. The minimum atomic E-state index is -0.300. The Morgan fingerprint density at radius 3 is 2.20 bits per heavy atom. The summed E-state index contributed by atoms with van der Waals surface area (Å²) in [4.78, 5) is 30.4. The highest BCUT2D eigenvalue weighted by atomic mass is 16.7. The second-order valence-electron chi connectivity index (χ2n) is 9.00. The third-order valence-corrected chi connectivity index (χ3v) is 6.65. The lowest BCUT2D eigenvalue weighted by molar-refractivity contribution is -0.171. The summed E-state index contributed by atoms with van der Waals surface area (Å²) in [5.41, 5.74) is 1.77. The van der Waals surface area contributed by atoms with Gasteiger partial charge in [0.1, 0.15) is 5.71 Å². The second kappa shape index (κ2) is 5.93. The predicted octanol–water partition coefficient (Wildman–Crippen LogP) is 4.21. The topological polar surface area (TPSA) is 55.7 Å². The molecule has 0 aromatic heterocycles. The van der Waals surface area contributed by atoms with Gasteiger partial charge in [0.2, 0.25) is 0 Å². The normalized spacial score (nSPS) is 38.2. The van der Waals surface area contributed by atoms with Crippen LogP contribution in [-0.4, -0.2) is 17.5 Å². The lowest BCUT2D eigenvalue weighted by Crippen LogP contribution is -2.50. The fraction of sp³-hybridized carbons (Fsp3) is 0.667. The van der Waals surface area contributed by atoms with Gasteiger partial charge in [-0.1, -0.05) is 19.0 Å². The molecule has 0 spiro atoms. The van der Waals surface area contributed by atoms with Crippen molar-refractivity contribution in [1.82, 2.24) is 0 Å². The van der Waals surface area contributed by atoms with Crippen molar-refractivity contribution in [1.29, 1.82) is 0 Å². The summed E-state index contributed by atoms with van der Waals surface area (Å²) in [6.07, 6.45) is 10.2. The van der Waals surface area contributed by atoms with E-state index in [1.807, 2.05) is 20.8 Å². The Balaban J connectivity index is 1.52. The van der Waals surface area contributed by atoms with Crippen LogP contribution in [0.4, 0.5) is 0 Å².